The Kier molecular flexibility index (Phi) is 3.66. The van der Waals surface area contributed by atoms with Gasteiger partial charge in [-0.3, -0.25) is 0 Å². The zero-order chi connectivity index (χ0) is 11.4. The molecule has 2 atom stereocenters. The lowest BCUT2D eigenvalue weighted by atomic mass is 9.85. The highest BCUT2D eigenvalue weighted by atomic mass is 16.5. The van der Waals surface area contributed by atoms with Crippen molar-refractivity contribution >= 4 is 0 Å². The predicted octanol–water partition coefficient (Wildman–Crippen LogP) is 3.30. The molecule has 88 valence electrons. The average molecular weight is 219 g/mol. The molecule has 2 unspecified atom stereocenters. The third-order valence-electron chi connectivity index (χ3n) is 4.07. The molecule has 0 aromatic carbocycles. The summed E-state index contributed by atoms with van der Waals surface area (Å²) < 4.78 is 5.84. The van der Waals surface area contributed by atoms with Crippen LogP contribution >= 0.6 is 0 Å². The van der Waals surface area contributed by atoms with Crippen LogP contribution in [0.1, 0.15) is 39.0 Å². The second-order valence-corrected chi connectivity index (χ2v) is 5.53. The largest absolute Gasteiger partial charge is 0.381 e. The molecule has 1 fully saturated rings. The Balaban J connectivity index is 1.68. The first kappa shape index (κ1) is 11.7. The van der Waals surface area contributed by atoms with E-state index in [9.17, 15) is 0 Å². The molecule has 0 spiro atoms. The number of rotatable bonds is 5. The van der Waals surface area contributed by atoms with E-state index in [1.807, 2.05) is 0 Å². The summed E-state index contributed by atoms with van der Waals surface area (Å²) >= 11 is 0. The molecule has 0 aromatic rings. The van der Waals surface area contributed by atoms with E-state index in [4.69, 9.17) is 10.00 Å². The fourth-order valence-electron chi connectivity index (χ4n) is 2.38. The molecule has 16 heavy (non-hydrogen) atoms. The van der Waals surface area contributed by atoms with Crippen molar-refractivity contribution in [3.05, 3.63) is 12.2 Å². The van der Waals surface area contributed by atoms with Crippen molar-refractivity contribution in [1.82, 2.24) is 0 Å². The Bertz CT molecular complexity index is 298. The van der Waals surface area contributed by atoms with Crippen LogP contribution < -0.4 is 0 Å². The summed E-state index contributed by atoms with van der Waals surface area (Å²) in [7, 11) is 0. The molecule has 0 aromatic heterocycles. The highest BCUT2D eigenvalue weighted by Gasteiger charge is 2.42. The maximum absolute atomic E-state index is 8.72. The number of nitrogens with zero attached hydrogens (tertiary/aromatic N) is 1. The van der Waals surface area contributed by atoms with Gasteiger partial charge < -0.3 is 4.74 Å². The number of ether oxygens (including phenoxy) is 1. The smallest absolute Gasteiger partial charge is 0.0628 e. The molecule has 0 radical (unpaired) electrons. The maximum Gasteiger partial charge on any atom is 0.0628 e. The Morgan fingerprint density at radius 3 is 2.75 bits per heavy atom. The summed E-state index contributed by atoms with van der Waals surface area (Å²) in [5, 5.41) is 8.72. The minimum absolute atomic E-state index is 0.239. The molecule has 2 nitrogen and oxygen atoms in total. The monoisotopic (exact) mass is 219 g/mol. The molecule has 0 bridgehead atoms. The predicted molar refractivity (Wildman–Crippen MR) is 63.7 cm³/mol. The van der Waals surface area contributed by atoms with E-state index in [0.29, 0.717) is 12.3 Å². The lowest BCUT2D eigenvalue weighted by molar-refractivity contribution is 0.0494. The van der Waals surface area contributed by atoms with Crippen molar-refractivity contribution in [1.29, 1.82) is 5.26 Å². The van der Waals surface area contributed by atoms with E-state index in [-0.39, 0.29) is 5.41 Å². The summed E-state index contributed by atoms with van der Waals surface area (Å²) in [6, 6.07) is 2.28. The van der Waals surface area contributed by atoms with Crippen molar-refractivity contribution < 1.29 is 4.74 Å². The lowest BCUT2D eigenvalue weighted by Crippen LogP contribution is -2.21. The molecule has 2 heteroatoms. The van der Waals surface area contributed by atoms with Gasteiger partial charge in [-0.1, -0.05) is 19.1 Å². The summed E-state index contributed by atoms with van der Waals surface area (Å²) in [4.78, 5) is 0. The van der Waals surface area contributed by atoms with E-state index in [0.717, 1.165) is 25.6 Å². The highest BCUT2D eigenvalue weighted by molar-refractivity contribution is 4.99. The number of hydrogen-bond donors (Lipinski definition) is 0. The molecule has 0 N–H and O–H groups in total. The van der Waals surface area contributed by atoms with Gasteiger partial charge in [-0.25, -0.2) is 0 Å². The Morgan fingerprint density at radius 2 is 2.12 bits per heavy atom. The second-order valence-electron chi connectivity index (χ2n) is 5.53. The van der Waals surface area contributed by atoms with E-state index in [1.165, 1.54) is 19.3 Å². The van der Waals surface area contributed by atoms with Gasteiger partial charge in [0.2, 0.25) is 0 Å². The van der Waals surface area contributed by atoms with Crippen molar-refractivity contribution in [2.75, 3.05) is 13.2 Å². The summed E-state index contributed by atoms with van der Waals surface area (Å²) in [5.74, 6) is 1.43. The fourth-order valence-corrected chi connectivity index (χ4v) is 2.38. The van der Waals surface area contributed by atoms with Gasteiger partial charge in [0, 0.05) is 18.4 Å². The normalized spacial score (nSPS) is 31.0. The highest BCUT2D eigenvalue weighted by Crippen LogP contribution is 2.48. The van der Waals surface area contributed by atoms with Gasteiger partial charge in [-0.05, 0) is 37.5 Å². The molecule has 1 saturated carbocycles. The van der Waals surface area contributed by atoms with Crippen molar-refractivity contribution in [2.45, 2.75) is 39.0 Å². The molecular formula is C14H21NO. The fraction of sp³-hybridized carbons (Fsp3) is 0.786. The zero-order valence-corrected chi connectivity index (χ0v) is 10.1. The maximum atomic E-state index is 8.72. The van der Waals surface area contributed by atoms with Crippen molar-refractivity contribution in [2.24, 2.45) is 17.3 Å². The number of hydrogen-bond acceptors (Lipinski definition) is 2. The molecule has 2 aliphatic carbocycles. The van der Waals surface area contributed by atoms with Crippen LogP contribution in [-0.2, 0) is 4.74 Å². The summed E-state index contributed by atoms with van der Waals surface area (Å²) in [5.41, 5.74) is 0.239. The second kappa shape index (κ2) is 5.01. The Morgan fingerprint density at radius 1 is 1.38 bits per heavy atom. The van der Waals surface area contributed by atoms with Crippen LogP contribution in [-0.4, -0.2) is 13.2 Å². The van der Waals surface area contributed by atoms with Crippen LogP contribution in [0.4, 0.5) is 0 Å². The van der Waals surface area contributed by atoms with Crippen LogP contribution in [0.3, 0.4) is 0 Å². The quantitative estimate of drug-likeness (QED) is 0.665. The van der Waals surface area contributed by atoms with Gasteiger partial charge in [0.25, 0.3) is 0 Å². The first-order valence-corrected chi connectivity index (χ1v) is 6.35. The molecule has 0 aliphatic heterocycles. The van der Waals surface area contributed by atoms with Gasteiger partial charge in [-0.15, -0.1) is 0 Å². The summed E-state index contributed by atoms with van der Waals surface area (Å²) in [6.07, 6.45) is 9.94. The number of allylic oxidation sites excluding steroid dienone is 2. The standard InChI is InChI=1S/C14H21NO/c1-12-4-2-3-5-13(12)10-16-11-14(6-7-14)8-9-15/h2-3,12-13H,4-8,10-11H2,1H3. The Labute approximate surface area is 98.3 Å². The van der Waals surface area contributed by atoms with Crippen LogP contribution in [0.2, 0.25) is 0 Å². The molecule has 2 aliphatic rings. The van der Waals surface area contributed by atoms with Crippen molar-refractivity contribution in [3.8, 4) is 6.07 Å². The molecule has 0 heterocycles. The minimum atomic E-state index is 0.239. The SMILES string of the molecule is CC1CC=CCC1COCC1(CC#N)CC1. The molecule has 0 saturated heterocycles. The first-order chi connectivity index (χ1) is 7.76. The van der Waals surface area contributed by atoms with Crippen LogP contribution in [0, 0.1) is 28.6 Å². The van der Waals surface area contributed by atoms with Crippen LogP contribution in [0.15, 0.2) is 12.2 Å². The van der Waals surface area contributed by atoms with Crippen LogP contribution in [0.25, 0.3) is 0 Å². The van der Waals surface area contributed by atoms with Gasteiger partial charge in [0.1, 0.15) is 0 Å². The topological polar surface area (TPSA) is 33.0 Å². The minimum Gasteiger partial charge on any atom is -0.381 e. The van der Waals surface area contributed by atoms with E-state index in [1.54, 1.807) is 0 Å². The third kappa shape index (κ3) is 2.86. The van der Waals surface area contributed by atoms with Gasteiger partial charge in [0.05, 0.1) is 12.7 Å². The van der Waals surface area contributed by atoms with Crippen LogP contribution in [0.5, 0.6) is 0 Å². The zero-order valence-electron chi connectivity index (χ0n) is 10.1. The Hall–Kier alpha value is -0.810. The van der Waals surface area contributed by atoms with Gasteiger partial charge >= 0.3 is 0 Å². The van der Waals surface area contributed by atoms with Gasteiger partial charge in [-0.2, -0.15) is 5.26 Å². The molecule has 0 amide bonds. The third-order valence-corrected chi connectivity index (χ3v) is 4.07. The first-order valence-electron chi connectivity index (χ1n) is 6.35. The van der Waals surface area contributed by atoms with Gasteiger partial charge in [0.15, 0.2) is 0 Å². The summed E-state index contributed by atoms with van der Waals surface area (Å²) in [6.45, 7) is 3.98. The average Bonchev–Trinajstić information content (AvgIpc) is 3.02. The van der Waals surface area contributed by atoms with E-state index < -0.39 is 0 Å². The number of nitriles is 1. The lowest BCUT2D eigenvalue weighted by Gasteiger charge is -2.25. The van der Waals surface area contributed by atoms with E-state index in [2.05, 4.69) is 25.1 Å². The molecular weight excluding hydrogens is 198 g/mol. The van der Waals surface area contributed by atoms with Crippen molar-refractivity contribution in [3.63, 3.8) is 0 Å². The molecule has 2 rings (SSSR count). The van der Waals surface area contributed by atoms with E-state index >= 15 is 0 Å².